The number of benzene rings is 1. The number of aromatic nitrogens is 2. The summed E-state index contributed by atoms with van der Waals surface area (Å²) < 4.78 is 41.9. The van der Waals surface area contributed by atoms with E-state index in [1.165, 1.54) is 19.2 Å². The molecule has 1 N–H and O–H groups in total. The van der Waals surface area contributed by atoms with Crippen LogP contribution in [0.25, 0.3) is 22.3 Å². The first-order chi connectivity index (χ1) is 14.3. The number of hydrogen-bond acceptors (Lipinski definition) is 4. The smallest absolute Gasteiger partial charge is 0.242 e. The van der Waals surface area contributed by atoms with Gasteiger partial charge in [-0.1, -0.05) is 12.1 Å². The third-order valence-corrected chi connectivity index (χ3v) is 6.92. The average molecular weight is 427 g/mol. The summed E-state index contributed by atoms with van der Waals surface area (Å²) in [5, 5.41) is 10.8. The van der Waals surface area contributed by atoms with Crippen LogP contribution in [0.2, 0.25) is 0 Å². The summed E-state index contributed by atoms with van der Waals surface area (Å²) in [6, 6.07) is 10.6. The highest BCUT2D eigenvalue weighted by atomic mass is 32.2. The van der Waals surface area contributed by atoms with E-state index in [2.05, 4.69) is 26.4 Å². The summed E-state index contributed by atoms with van der Waals surface area (Å²) in [4.78, 5) is 4.34. The van der Waals surface area contributed by atoms with Gasteiger partial charge in [0.05, 0.1) is 22.5 Å². The number of pyridine rings is 1. The Morgan fingerprint density at radius 2 is 2.10 bits per heavy atom. The predicted molar refractivity (Wildman–Crippen MR) is 113 cm³/mol. The zero-order valence-electron chi connectivity index (χ0n) is 16.9. The van der Waals surface area contributed by atoms with E-state index in [1.54, 1.807) is 6.07 Å². The molecule has 0 unspecified atom stereocenters. The molecule has 30 heavy (non-hydrogen) atoms. The van der Waals surface area contributed by atoms with Crippen molar-refractivity contribution in [2.24, 2.45) is 5.92 Å². The van der Waals surface area contributed by atoms with Crippen LogP contribution in [0.4, 0.5) is 4.39 Å². The predicted octanol–water partition coefficient (Wildman–Crippen LogP) is 3.93. The van der Waals surface area contributed by atoms with Gasteiger partial charge in [0.1, 0.15) is 17.6 Å². The van der Waals surface area contributed by atoms with Crippen LogP contribution >= 0.6 is 0 Å². The second-order valence-electron chi connectivity index (χ2n) is 7.97. The minimum absolute atomic E-state index is 0.0363. The van der Waals surface area contributed by atoms with Crippen molar-refractivity contribution in [2.45, 2.75) is 44.2 Å². The van der Waals surface area contributed by atoms with Gasteiger partial charge in [-0.15, -0.1) is 0 Å². The molecule has 1 aromatic carbocycles. The monoisotopic (exact) mass is 426 g/mol. The Morgan fingerprint density at radius 3 is 2.70 bits per heavy atom. The standard InChI is InChI=1S/C22H23FN4O2S/c1-14-3-7-18-19(11-24)22(27(21(18)9-14)13-16-4-5-16)20-8-6-17(12-25-20)30(28,29)26-15(2)10-23/h3,6-9,12,15-16,26H,4-5,10,13H2,1-2H3/t15-/m1/s1. The van der Waals surface area contributed by atoms with Gasteiger partial charge in [0.2, 0.25) is 10.0 Å². The summed E-state index contributed by atoms with van der Waals surface area (Å²) in [7, 11) is -3.86. The largest absolute Gasteiger partial charge is 0.338 e. The van der Waals surface area contributed by atoms with Gasteiger partial charge >= 0.3 is 0 Å². The summed E-state index contributed by atoms with van der Waals surface area (Å²) in [5.74, 6) is 0.581. The number of hydrogen-bond donors (Lipinski definition) is 1. The molecule has 6 nitrogen and oxygen atoms in total. The highest BCUT2D eigenvalue weighted by Crippen LogP contribution is 2.38. The lowest BCUT2D eigenvalue weighted by Gasteiger charge is -2.12. The number of halogens is 1. The van der Waals surface area contributed by atoms with Crippen LogP contribution in [0.1, 0.15) is 30.9 Å². The van der Waals surface area contributed by atoms with Crippen molar-refractivity contribution < 1.29 is 12.8 Å². The third-order valence-electron chi connectivity index (χ3n) is 5.35. The molecule has 3 aromatic rings. The van der Waals surface area contributed by atoms with Crippen LogP contribution in [0, 0.1) is 24.2 Å². The number of rotatable bonds is 7. The molecule has 0 saturated heterocycles. The first kappa shape index (κ1) is 20.5. The molecule has 0 amide bonds. The molecular formula is C22H23FN4O2S. The van der Waals surface area contributed by atoms with Gasteiger partial charge in [-0.3, -0.25) is 4.98 Å². The number of nitrogens with zero attached hydrogens (tertiary/aromatic N) is 3. The zero-order chi connectivity index (χ0) is 21.5. The van der Waals surface area contributed by atoms with Gasteiger partial charge in [-0.05, 0) is 56.4 Å². The lowest BCUT2D eigenvalue weighted by atomic mass is 10.1. The van der Waals surface area contributed by atoms with Crippen LogP contribution < -0.4 is 4.72 Å². The minimum Gasteiger partial charge on any atom is -0.338 e. The fraction of sp³-hybridized carbons (Fsp3) is 0.364. The van der Waals surface area contributed by atoms with E-state index in [0.717, 1.165) is 35.9 Å². The molecule has 1 saturated carbocycles. The normalized spacial score (nSPS) is 15.3. The molecule has 8 heteroatoms. The summed E-state index contributed by atoms with van der Waals surface area (Å²) >= 11 is 0. The van der Waals surface area contributed by atoms with Crippen LogP contribution in [0.15, 0.2) is 41.4 Å². The number of alkyl halides is 1. The molecule has 156 valence electrons. The van der Waals surface area contributed by atoms with Crippen molar-refractivity contribution in [3.8, 4) is 17.5 Å². The molecule has 4 rings (SSSR count). The fourth-order valence-electron chi connectivity index (χ4n) is 3.63. The molecule has 1 aliphatic rings. The maximum Gasteiger partial charge on any atom is 0.242 e. The molecule has 1 fully saturated rings. The lowest BCUT2D eigenvalue weighted by Crippen LogP contribution is -2.34. The molecule has 0 radical (unpaired) electrons. The summed E-state index contributed by atoms with van der Waals surface area (Å²) in [6.07, 6.45) is 3.58. The lowest BCUT2D eigenvalue weighted by molar-refractivity contribution is 0.423. The first-order valence-electron chi connectivity index (χ1n) is 9.91. The first-order valence-corrected chi connectivity index (χ1v) is 11.4. The van der Waals surface area contributed by atoms with Gasteiger partial charge in [0.15, 0.2) is 0 Å². The van der Waals surface area contributed by atoms with E-state index in [9.17, 15) is 18.1 Å². The van der Waals surface area contributed by atoms with E-state index in [4.69, 9.17) is 0 Å². The topological polar surface area (TPSA) is 87.8 Å². The number of nitriles is 1. The van der Waals surface area contributed by atoms with Crippen LogP contribution in [-0.2, 0) is 16.6 Å². The fourth-order valence-corrected chi connectivity index (χ4v) is 4.80. The van der Waals surface area contributed by atoms with E-state index in [0.29, 0.717) is 22.9 Å². The zero-order valence-corrected chi connectivity index (χ0v) is 17.7. The van der Waals surface area contributed by atoms with Gasteiger partial charge in [-0.25, -0.2) is 17.5 Å². The van der Waals surface area contributed by atoms with E-state index < -0.39 is 22.7 Å². The SMILES string of the molecule is Cc1ccc2c(C#N)c(-c3ccc(S(=O)(=O)N[C@H](C)CF)cn3)n(CC3CC3)c2c1. The molecule has 2 heterocycles. The third kappa shape index (κ3) is 3.83. The highest BCUT2D eigenvalue weighted by Gasteiger charge is 2.27. The van der Waals surface area contributed by atoms with Gasteiger partial charge in [0.25, 0.3) is 0 Å². The van der Waals surface area contributed by atoms with Gasteiger partial charge in [-0.2, -0.15) is 5.26 Å². The Bertz CT molecular complexity index is 1240. The Morgan fingerprint density at radius 1 is 1.33 bits per heavy atom. The Kier molecular flexibility index (Phi) is 5.35. The molecular weight excluding hydrogens is 403 g/mol. The van der Waals surface area contributed by atoms with Crippen molar-refractivity contribution in [1.29, 1.82) is 5.26 Å². The molecule has 1 atom stereocenters. The minimum atomic E-state index is -3.86. The number of nitrogens with one attached hydrogen (secondary N) is 1. The van der Waals surface area contributed by atoms with Crippen molar-refractivity contribution in [3.05, 3.63) is 47.7 Å². The molecule has 1 aliphatic carbocycles. The maximum atomic E-state index is 12.7. The van der Waals surface area contributed by atoms with Gasteiger partial charge in [0, 0.05) is 24.2 Å². The Hall–Kier alpha value is -2.76. The molecule has 0 aliphatic heterocycles. The van der Waals surface area contributed by atoms with E-state index >= 15 is 0 Å². The van der Waals surface area contributed by atoms with E-state index in [-0.39, 0.29) is 4.90 Å². The van der Waals surface area contributed by atoms with E-state index in [1.807, 2.05) is 19.1 Å². The van der Waals surface area contributed by atoms with Crippen LogP contribution in [0.3, 0.4) is 0 Å². The van der Waals surface area contributed by atoms with Crippen molar-refractivity contribution in [2.75, 3.05) is 6.67 Å². The molecule has 2 aromatic heterocycles. The van der Waals surface area contributed by atoms with Crippen molar-refractivity contribution >= 4 is 20.9 Å². The van der Waals surface area contributed by atoms with Gasteiger partial charge < -0.3 is 4.57 Å². The number of fused-ring (bicyclic) bond motifs is 1. The average Bonchev–Trinajstić information content (AvgIpc) is 3.49. The quantitative estimate of drug-likeness (QED) is 0.620. The Balaban J connectivity index is 1.82. The van der Waals surface area contributed by atoms with Crippen LogP contribution in [0.5, 0.6) is 0 Å². The summed E-state index contributed by atoms with van der Waals surface area (Å²) in [5.41, 5.74) is 3.89. The second-order valence-corrected chi connectivity index (χ2v) is 9.68. The van der Waals surface area contributed by atoms with Crippen molar-refractivity contribution in [1.82, 2.24) is 14.3 Å². The number of sulfonamides is 1. The molecule has 0 spiro atoms. The highest BCUT2D eigenvalue weighted by molar-refractivity contribution is 7.89. The van der Waals surface area contributed by atoms with Crippen molar-refractivity contribution in [3.63, 3.8) is 0 Å². The van der Waals surface area contributed by atoms with Crippen LogP contribution in [-0.4, -0.2) is 30.7 Å². The summed E-state index contributed by atoms with van der Waals surface area (Å²) in [6.45, 7) is 3.48. The second kappa shape index (κ2) is 7.82. The number of aryl methyl sites for hydroxylation is 1. The maximum absolute atomic E-state index is 12.7. The molecule has 0 bridgehead atoms. The Labute approximate surface area is 175 Å².